The predicted octanol–water partition coefficient (Wildman–Crippen LogP) is 3.70. The topological polar surface area (TPSA) is 17.0 Å². The smallest absolute Gasteiger partial charge is 0.123 e. The van der Waals surface area contributed by atoms with Crippen molar-refractivity contribution in [2.24, 2.45) is 7.05 Å². The van der Waals surface area contributed by atoms with E-state index in [1.54, 1.807) is 12.1 Å². The van der Waals surface area contributed by atoms with Crippen molar-refractivity contribution in [1.82, 2.24) is 4.57 Å². The molecule has 2 nitrogen and oxygen atoms in total. The van der Waals surface area contributed by atoms with Crippen molar-refractivity contribution in [3.8, 4) is 0 Å². The third-order valence-corrected chi connectivity index (χ3v) is 3.54. The van der Waals surface area contributed by atoms with Crippen LogP contribution in [0.25, 0.3) is 0 Å². The highest BCUT2D eigenvalue weighted by Gasteiger charge is 2.06. The molecule has 1 aromatic carbocycles. The number of rotatable bonds is 3. The van der Waals surface area contributed by atoms with E-state index in [0.29, 0.717) is 0 Å². The average Bonchev–Trinajstić information content (AvgIpc) is 2.56. The van der Waals surface area contributed by atoms with Crippen molar-refractivity contribution in [2.45, 2.75) is 27.3 Å². The summed E-state index contributed by atoms with van der Waals surface area (Å²) in [5, 5.41) is 3.36. The summed E-state index contributed by atoms with van der Waals surface area (Å²) in [5.74, 6) is -0.190. The van der Waals surface area contributed by atoms with E-state index in [4.69, 9.17) is 0 Å². The number of nitrogens with zero attached hydrogens (tertiary/aromatic N) is 1. The van der Waals surface area contributed by atoms with Gasteiger partial charge < -0.3 is 9.88 Å². The molecule has 0 saturated carbocycles. The first-order chi connectivity index (χ1) is 8.49. The Labute approximate surface area is 107 Å². The standard InChI is InChI=1S/C15H19FN2/c1-10-7-14(16)5-6-15(10)17-9-13-8-11(2)18(4)12(13)3/h5-8,17H,9H2,1-4H3. The number of aryl methyl sites for hydroxylation is 2. The van der Waals surface area contributed by atoms with Crippen LogP contribution in [0.15, 0.2) is 24.3 Å². The molecule has 0 aliphatic carbocycles. The van der Waals surface area contributed by atoms with Crippen LogP contribution in [-0.2, 0) is 13.6 Å². The molecule has 0 spiro atoms. The van der Waals surface area contributed by atoms with Crippen LogP contribution in [0.4, 0.5) is 10.1 Å². The van der Waals surface area contributed by atoms with Crippen LogP contribution < -0.4 is 5.32 Å². The van der Waals surface area contributed by atoms with Gasteiger partial charge in [0.2, 0.25) is 0 Å². The minimum atomic E-state index is -0.190. The van der Waals surface area contributed by atoms with Crippen molar-refractivity contribution in [2.75, 3.05) is 5.32 Å². The van der Waals surface area contributed by atoms with Crippen LogP contribution in [0.2, 0.25) is 0 Å². The molecule has 0 atom stereocenters. The number of hydrogen-bond donors (Lipinski definition) is 1. The summed E-state index contributed by atoms with van der Waals surface area (Å²) in [6.07, 6.45) is 0. The number of anilines is 1. The number of halogens is 1. The van der Waals surface area contributed by atoms with Gasteiger partial charge in [-0.2, -0.15) is 0 Å². The molecule has 0 bridgehead atoms. The Balaban J connectivity index is 2.14. The van der Waals surface area contributed by atoms with Gasteiger partial charge in [0, 0.05) is 30.7 Å². The van der Waals surface area contributed by atoms with Gasteiger partial charge in [-0.25, -0.2) is 4.39 Å². The van der Waals surface area contributed by atoms with Crippen LogP contribution >= 0.6 is 0 Å². The lowest BCUT2D eigenvalue weighted by Gasteiger charge is -2.09. The second-order valence-electron chi connectivity index (χ2n) is 4.77. The van der Waals surface area contributed by atoms with Crippen molar-refractivity contribution < 1.29 is 4.39 Å². The number of hydrogen-bond acceptors (Lipinski definition) is 1. The Morgan fingerprint density at radius 2 is 1.89 bits per heavy atom. The lowest BCUT2D eigenvalue weighted by molar-refractivity contribution is 0.627. The monoisotopic (exact) mass is 246 g/mol. The lowest BCUT2D eigenvalue weighted by atomic mass is 10.2. The van der Waals surface area contributed by atoms with Gasteiger partial charge in [0.05, 0.1) is 0 Å². The Kier molecular flexibility index (Phi) is 3.41. The fourth-order valence-corrected chi connectivity index (χ4v) is 2.13. The van der Waals surface area contributed by atoms with Gasteiger partial charge in [0.1, 0.15) is 5.82 Å². The van der Waals surface area contributed by atoms with E-state index in [0.717, 1.165) is 17.8 Å². The zero-order chi connectivity index (χ0) is 13.3. The summed E-state index contributed by atoms with van der Waals surface area (Å²) in [5.41, 5.74) is 5.70. The Morgan fingerprint density at radius 3 is 2.44 bits per heavy atom. The summed E-state index contributed by atoms with van der Waals surface area (Å²) in [6.45, 7) is 6.88. The molecule has 0 amide bonds. The molecule has 3 heteroatoms. The zero-order valence-electron chi connectivity index (χ0n) is 11.3. The Morgan fingerprint density at radius 1 is 1.17 bits per heavy atom. The van der Waals surface area contributed by atoms with Crippen LogP contribution in [0.3, 0.4) is 0 Å². The van der Waals surface area contributed by atoms with E-state index in [1.807, 2.05) is 6.92 Å². The summed E-state index contributed by atoms with van der Waals surface area (Å²) in [7, 11) is 2.07. The van der Waals surface area contributed by atoms with Gasteiger partial charge in [0.15, 0.2) is 0 Å². The quantitative estimate of drug-likeness (QED) is 0.873. The molecule has 0 aliphatic heterocycles. The van der Waals surface area contributed by atoms with Crippen LogP contribution in [0.5, 0.6) is 0 Å². The first-order valence-corrected chi connectivity index (χ1v) is 6.11. The zero-order valence-corrected chi connectivity index (χ0v) is 11.3. The molecule has 0 fully saturated rings. The van der Waals surface area contributed by atoms with E-state index in [9.17, 15) is 4.39 Å². The minimum Gasteiger partial charge on any atom is -0.381 e. The molecule has 96 valence electrons. The second-order valence-corrected chi connectivity index (χ2v) is 4.77. The highest BCUT2D eigenvalue weighted by Crippen LogP contribution is 2.19. The largest absolute Gasteiger partial charge is 0.381 e. The molecule has 18 heavy (non-hydrogen) atoms. The lowest BCUT2D eigenvalue weighted by Crippen LogP contribution is -2.02. The Hall–Kier alpha value is -1.77. The van der Waals surface area contributed by atoms with Crippen molar-refractivity contribution in [3.05, 3.63) is 52.6 Å². The van der Waals surface area contributed by atoms with E-state index < -0.39 is 0 Å². The minimum absolute atomic E-state index is 0.190. The van der Waals surface area contributed by atoms with Gasteiger partial charge in [-0.15, -0.1) is 0 Å². The highest BCUT2D eigenvalue weighted by atomic mass is 19.1. The molecule has 0 aliphatic rings. The maximum Gasteiger partial charge on any atom is 0.123 e. The van der Waals surface area contributed by atoms with Crippen LogP contribution in [0, 0.1) is 26.6 Å². The van der Waals surface area contributed by atoms with Crippen molar-refractivity contribution >= 4 is 5.69 Å². The summed E-state index contributed by atoms with van der Waals surface area (Å²) in [4.78, 5) is 0. The first-order valence-electron chi connectivity index (χ1n) is 6.11. The van der Waals surface area contributed by atoms with Gasteiger partial charge >= 0.3 is 0 Å². The molecule has 1 aromatic heterocycles. The third-order valence-electron chi connectivity index (χ3n) is 3.54. The molecule has 1 heterocycles. The van der Waals surface area contributed by atoms with Gasteiger partial charge in [-0.3, -0.25) is 0 Å². The van der Waals surface area contributed by atoms with E-state index >= 15 is 0 Å². The number of aromatic nitrogens is 1. The van der Waals surface area contributed by atoms with Crippen LogP contribution in [0.1, 0.15) is 22.5 Å². The van der Waals surface area contributed by atoms with E-state index in [-0.39, 0.29) is 5.82 Å². The SMILES string of the molecule is Cc1cc(F)ccc1NCc1cc(C)n(C)c1C. The Bertz CT molecular complexity index is 570. The first kappa shape index (κ1) is 12.7. The summed E-state index contributed by atoms with van der Waals surface area (Å²) in [6, 6.07) is 7.00. The van der Waals surface area contributed by atoms with Crippen LogP contribution in [-0.4, -0.2) is 4.57 Å². The molecule has 2 aromatic rings. The molecular weight excluding hydrogens is 227 g/mol. The van der Waals surface area contributed by atoms with Gasteiger partial charge in [-0.1, -0.05) is 0 Å². The van der Waals surface area contributed by atoms with Gasteiger partial charge in [0.25, 0.3) is 0 Å². The maximum atomic E-state index is 13.0. The summed E-state index contributed by atoms with van der Waals surface area (Å²) < 4.78 is 15.2. The third kappa shape index (κ3) is 2.40. The molecule has 0 radical (unpaired) electrons. The fourth-order valence-electron chi connectivity index (χ4n) is 2.13. The summed E-state index contributed by atoms with van der Waals surface area (Å²) >= 11 is 0. The predicted molar refractivity (Wildman–Crippen MR) is 73.4 cm³/mol. The molecule has 0 saturated heterocycles. The van der Waals surface area contributed by atoms with Gasteiger partial charge in [-0.05, 0) is 56.2 Å². The number of benzene rings is 1. The normalized spacial score (nSPS) is 10.7. The molecule has 2 rings (SSSR count). The van der Waals surface area contributed by atoms with Crippen molar-refractivity contribution in [3.63, 3.8) is 0 Å². The van der Waals surface area contributed by atoms with E-state index in [1.165, 1.54) is 23.0 Å². The van der Waals surface area contributed by atoms with Crippen molar-refractivity contribution in [1.29, 1.82) is 0 Å². The number of nitrogens with one attached hydrogen (secondary N) is 1. The molecular formula is C15H19FN2. The molecule has 1 N–H and O–H groups in total. The maximum absolute atomic E-state index is 13.0. The molecule has 0 unspecified atom stereocenters. The van der Waals surface area contributed by atoms with E-state index in [2.05, 4.69) is 36.8 Å². The average molecular weight is 246 g/mol. The second kappa shape index (κ2) is 4.84. The fraction of sp³-hybridized carbons (Fsp3) is 0.333. The highest BCUT2D eigenvalue weighted by molar-refractivity contribution is 5.51.